The van der Waals surface area contributed by atoms with Gasteiger partial charge in [-0.15, -0.1) is 0 Å². The summed E-state index contributed by atoms with van der Waals surface area (Å²) >= 11 is 0. The molecule has 13 nitrogen and oxygen atoms in total. The SMILES string of the molecule is C=CC(=O)Nc1cc(Nc2nc(-c3ccnc(N4CCn5c(cc6c5CC(C)(C)C6)C4=O)c3C)cn(C)c2=O)cc(F)c1N1CCN(C2COC2)C[C@@H]1C. The molecule has 3 aromatic heterocycles. The molecule has 2 amide bonds. The van der Waals surface area contributed by atoms with E-state index in [2.05, 4.69) is 45.5 Å². The third-order valence-electron chi connectivity index (χ3n) is 11.3. The number of nitrogens with zero attached hydrogens (tertiary/aromatic N) is 7. The van der Waals surface area contributed by atoms with E-state index in [1.165, 1.54) is 21.9 Å². The topological polar surface area (TPSA) is 130 Å². The van der Waals surface area contributed by atoms with E-state index in [0.717, 1.165) is 37.6 Å². The van der Waals surface area contributed by atoms with Crippen LogP contribution in [0.25, 0.3) is 11.3 Å². The van der Waals surface area contributed by atoms with E-state index in [9.17, 15) is 14.4 Å². The minimum Gasteiger partial charge on any atom is -0.378 e. The Balaban J connectivity index is 1.09. The number of rotatable bonds is 8. The normalized spacial score (nSPS) is 19.7. The Morgan fingerprint density at radius 3 is 2.63 bits per heavy atom. The van der Waals surface area contributed by atoms with Crippen LogP contribution in [0, 0.1) is 18.2 Å². The van der Waals surface area contributed by atoms with E-state index >= 15 is 4.39 Å². The van der Waals surface area contributed by atoms with Gasteiger partial charge < -0.3 is 29.4 Å². The van der Waals surface area contributed by atoms with E-state index in [0.29, 0.717) is 61.7 Å². The second-order valence-corrected chi connectivity index (χ2v) is 15.7. The van der Waals surface area contributed by atoms with E-state index in [1.54, 1.807) is 36.5 Å². The van der Waals surface area contributed by atoms with Gasteiger partial charge >= 0.3 is 0 Å². The number of hydrogen-bond acceptors (Lipinski definition) is 9. The van der Waals surface area contributed by atoms with Gasteiger partial charge in [-0.25, -0.2) is 14.4 Å². The van der Waals surface area contributed by atoms with Crippen LogP contribution >= 0.6 is 0 Å². The maximum atomic E-state index is 16.2. The predicted octanol–water partition coefficient (Wildman–Crippen LogP) is 4.65. The van der Waals surface area contributed by atoms with Crippen LogP contribution in [0.2, 0.25) is 0 Å². The fourth-order valence-corrected chi connectivity index (χ4v) is 8.47. The highest BCUT2D eigenvalue weighted by Gasteiger charge is 2.38. The summed E-state index contributed by atoms with van der Waals surface area (Å²) in [5.74, 6) is -0.632. The summed E-state index contributed by atoms with van der Waals surface area (Å²) in [5, 5.41) is 5.81. The number of aryl methyl sites for hydroxylation is 1. The minimum atomic E-state index is -0.555. The second-order valence-electron chi connectivity index (χ2n) is 15.7. The number of amides is 2. The van der Waals surface area contributed by atoms with Gasteiger partial charge in [-0.3, -0.25) is 24.2 Å². The number of carbonyl (C=O) groups excluding carboxylic acids is 2. The molecule has 6 heterocycles. The van der Waals surface area contributed by atoms with Crippen molar-refractivity contribution in [1.29, 1.82) is 0 Å². The second kappa shape index (κ2) is 13.5. The lowest BCUT2D eigenvalue weighted by Gasteiger charge is -2.46. The quantitative estimate of drug-likeness (QED) is 0.249. The Kier molecular flexibility index (Phi) is 8.92. The molecule has 2 N–H and O–H groups in total. The van der Waals surface area contributed by atoms with Gasteiger partial charge in [-0.05, 0) is 68.0 Å². The van der Waals surface area contributed by atoms with Gasteiger partial charge in [0.15, 0.2) is 11.6 Å². The highest BCUT2D eigenvalue weighted by atomic mass is 19.1. The zero-order valence-corrected chi connectivity index (χ0v) is 31.4. The summed E-state index contributed by atoms with van der Waals surface area (Å²) in [6.07, 6.45) is 6.31. The van der Waals surface area contributed by atoms with Crippen molar-refractivity contribution in [2.24, 2.45) is 12.5 Å². The van der Waals surface area contributed by atoms with E-state index in [-0.39, 0.29) is 40.2 Å². The van der Waals surface area contributed by atoms with E-state index in [4.69, 9.17) is 9.72 Å². The number of fused-ring (bicyclic) bond motifs is 3. The van der Waals surface area contributed by atoms with Gasteiger partial charge in [0.2, 0.25) is 5.91 Å². The number of halogens is 1. The summed E-state index contributed by atoms with van der Waals surface area (Å²) in [7, 11) is 1.62. The molecule has 0 radical (unpaired) electrons. The highest BCUT2D eigenvalue weighted by molar-refractivity contribution is 6.06. The lowest BCUT2D eigenvalue weighted by molar-refractivity contribution is -0.111. The summed E-state index contributed by atoms with van der Waals surface area (Å²) in [5.41, 5.74) is 5.61. The Bertz CT molecular complexity index is 2260. The van der Waals surface area contributed by atoms with Crippen LogP contribution < -0.4 is 26.0 Å². The van der Waals surface area contributed by atoms with Crippen molar-refractivity contribution in [2.45, 2.75) is 59.2 Å². The molecule has 282 valence electrons. The molecule has 3 aliphatic heterocycles. The van der Waals surface area contributed by atoms with Crippen molar-refractivity contribution in [3.63, 3.8) is 0 Å². The molecular formula is C40H46FN9O4. The van der Waals surface area contributed by atoms with Crippen molar-refractivity contribution in [3.05, 3.63) is 88.0 Å². The first-order valence-corrected chi connectivity index (χ1v) is 18.5. The summed E-state index contributed by atoms with van der Waals surface area (Å²) in [4.78, 5) is 55.3. The molecular weight excluding hydrogens is 689 g/mol. The van der Waals surface area contributed by atoms with Crippen LogP contribution in [0.1, 0.15) is 48.1 Å². The van der Waals surface area contributed by atoms with Gasteiger partial charge in [0.05, 0.1) is 36.3 Å². The summed E-state index contributed by atoms with van der Waals surface area (Å²) < 4.78 is 25.2. The number of nitrogens with one attached hydrogen (secondary N) is 2. The maximum absolute atomic E-state index is 16.2. The lowest BCUT2D eigenvalue weighted by Crippen LogP contribution is -2.59. The monoisotopic (exact) mass is 735 g/mol. The Labute approximate surface area is 313 Å². The van der Waals surface area contributed by atoms with E-state index < -0.39 is 17.3 Å². The van der Waals surface area contributed by atoms with Crippen LogP contribution in [0.4, 0.5) is 33.1 Å². The number of hydrogen-bond donors (Lipinski definition) is 2. The fourth-order valence-electron chi connectivity index (χ4n) is 8.47. The largest absolute Gasteiger partial charge is 0.378 e. The van der Waals surface area contributed by atoms with Crippen molar-refractivity contribution >= 4 is 40.5 Å². The van der Waals surface area contributed by atoms with Crippen LogP contribution in [0.5, 0.6) is 0 Å². The molecule has 4 aliphatic rings. The smallest absolute Gasteiger partial charge is 0.293 e. The molecule has 4 aromatic rings. The molecule has 2 saturated heterocycles. The predicted molar refractivity (Wildman–Crippen MR) is 206 cm³/mol. The molecule has 0 spiro atoms. The Morgan fingerprint density at radius 1 is 1.11 bits per heavy atom. The molecule has 54 heavy (non-hydrogen) atoms. The first-order chi connectivity index (χ1) is 25.8. The third-order valence-corrected chi connectivity index (χ3v) is 11.3. The third kappa shape index (κ3) is 6.26. The number of anilines is 5. The number of pyridine rings is 1. The Hall–Kier alpha value is -5.34. The summed E-state index contributed by atoms with van der Waals surface area (Å²) in [6, 6.07) is 7.10. The average molecular weight is 736 g/mol. The zero-order chi connectivity index (χ0) is 38.1. The van der Waals surface area contributed by atoms with Gasteiger partial charge in [0.1, 0.15) is 11.5 Å². The number of piperazine rings is 1. The molecule has 8 rings (SSSR count). The first-order valence-electron chi connectivity index (χ1n) is 18.5. The summed E-state index contributed by atoms with van der Waals surface area (Å²) in [6.45, 7) is 16.6. The van der Waals surface area contributed by atoms with E-state index in [1.807, 2.05) is 24.8 Å². The first kappa shape index (κ1) is 35.7. The van der Waals surface area contributed by atoms with Gasteiger partial charge in [0.25, 0.3) is 11.5 Å². The van der Waals surface area contributed by atoms with Gasteiger partial charge in [-0.1, -0.05) is 20.4 Å². The molecule has 1 aromatic carbocycles. The standard InChI is InChI=1S/C40H46FN9O4/c1-7-34(51)44-30-16-26(15-29(41)35(30)48-11-10-47(19-23(48)2)27-21-54-22-27)43-36-39(53)46(6)20-31(45-36)28-8-9-42-37(24(28)3)50-13-12-49-32(38(50)52)14-25-17-40(4,5)18-33(25)49/h7-9,14-16,20,23,27H,1,10-13,17-19,21-22H2,2-6H3,(H,43,45)(H,44,51)/t23-/m0/s1. The molecule has 1 atom stereocenters. The van der Waals surface area contributed by atoms with Crippen LogP contribution in [-0.2, 0) is 36.0 Å². The maximum Gasteiger partial charge on any atom is 0.293 e. The number of benzene rings is 1. The number of aromatic nitrogens is 4. The zero-order valence-electron chi connectivity index (χ0n) is 31.4. The van der Waals surface area contributed by atoms with Crippen molar-refractivity contribution in [1.82, 2.24) is 24.0 Å². The number of carbonyl (C=O) groups is 2. The molecule has 0 bridgehead atoms. The fraction of sp³-hybridized carbons (Fsp3) is 0.425. The minimum absolute atomic E-state index is 0.0325. The van der Waals surface area contributed by atoms with Crippen LogP contribution in [-0.4, -0.2) is 87.3 Å². The van der Waals surface area contributed by atoms with Crippen molar-refractivity contribution in [3.8, 4) is 11.3 Å². The van der Waals surface area contributed by atoms with Crippen LogP contribution in [0.3, 0.4) is 0 Å². The molecule has 0 saturated carbocycles. The van der Waals surface area contributed by atoms with Crippen LogP contribution in [0.15, 0.2) is 54.1 Å². The molecule has 2 fully saturated rings. The molecule has 14 heteroatoms. The van der Waals surface area contributed by atoms with Crippen molar-refractivity contribution in [2.75, 3.05) is 59.8 Å². The molecule has 1 aliphatic carbocycles. The van der Waals surface area contributed by atoms with Gasteiger partial charge in [0, 0.05) is 80.7 Å². The highest BCUT2D eigenvalue weighted by Crippen LogP contribution is 2.40. The number of ether oxygens (including phenoxy) is 1. The average Bonchev–Trinajstić information content (AvgIpc) is 3.59. The van der Waals surface area contributed by atoms with Crippen molar-refractivity contribution < 1.29 is 18.7 Å². The van der Waals surface area contributed by atoms with Gasteiger partial charge in [-0.2, -0.15) is 0 Å². The molecule has 0 unspecified atom stereocenters. The lowest BCUT2D eigenvalue weighted by atomic mass is 9.90. The Morgan fingerprint density at radius 2 is 1.91 bits per heavy atom.